The van der Waals surface area contributed by atoms with Crippen LogP contribution < -0.4 is 16.1 Å². The van der Waals surface area contributed by atoms with Crippen LogP contribution >= 0.6 is 0 Å². The number of amides is 1. The van der Waals surface area contributed by atoms with Gasteiger partial charge >= 0.3 is 0 Å². The maximum atomic E-state index is 12.6. The minimum atomic E-state index is -0.309. The van der Waals surface area contributed by atoms with Crippen LogP contribution in [0.2, 0.25) is 0 Å². The van der Waals surface area contributed by atoms with E-state index in [2.05, 4.69) is 27.0 Å². The zero-order valence-corrected chi connectivity index (χ0v) is 16.1. The second-order valence-electron chi connectivity index (χ2n) is 6.92. The van der Waals surface area contributed by atoms with E-state index >= 15 is 0 Å². The van der Waals surface area contributed by atoms with E-state index in [0.29, 0.717) is 17.4 Å². The molecule has 0 fully saturated rings. The lowest BCUT2D eigenvalue weighted by Crippen LogP contribution is -2.24. The zero-order valence-electron chi connectivity index (χ0n) is 16.1. The Morgan fingerprint density at radius 3 is 2.66 bits per heavy atom. The predicted octanol–water partition coefficient (Wildman–Crippen LogP) is 3.55. The van der Waals surface area contributed by atoms with Gasteiger partial charge in [0.25, 0.3) is 5.91 Å². The third-order valence-electron chi connectivity index (χ3n) is 5.22. The third kappa shape index (κ3) is 4.02. The highest BCUT2D eigenvalue weighted by Gasteiger charge is 2.20. The first-order valence-corrected chi connectivity index (χ1v) is 9.45. The van der Waals surface area contributed by atoms with Gasteiger partial charge in [-0.25, -0.2) is 0 Å². The molecule has 1 atom stereocenters. The Morgan fingerprint density at radius 1 is 1.10 bits per heavy atom. The predicted molar refractivity (Wildman–Crippen MR) is 109 cm³/mol. The number of benzene rings is 2. The SMILES string of the molecule is COC1CCn2c(ccc2-c2ccc(NC(=O)c3ccccc3OON)cc2)C1. The molecule has 1 amide bonds. The van der Waals surface area contributed by atoms with Crippen LogP contribution in [0.3, 0.4) is 0 Å². The molecule has 2 aromatic carbocycles. The van der Waals surface area contributed by atoms with E-state index in [0.717, 1.165) is 24.9 Å². The molecule has 29 heavy (non-hydrogen) atoms. The van der Waals surface area contributed by atoms with E-state index in [1.165, 1.54) is 11.4 Å². The number of ether oxygens (including phenoxy) is 1. The van der Waals surface area contributed by atoms with E-state index in [9.17, 15) is 4.79 Å². The smallest absolute Gasteiger partial charge is 0.259 e. The Labute approximate surface area is 168 Å². The van der Waals surface area contributed by atoms with Crippen molar-refractivity contribution in [3.05, 3.63) is 71.9 Å². The van der Waals surface area contributed by atoms with Crippen molar-refractivity contribution in [2.75, 3.05) is 12.4 Å². The lowest BCUT2D eigenvalue weighted by Gasteiger charge is -2.24. The summed E-state index contributed by atoms with van der Waals surface area (Å²) in [7, 11) is 1.77. The summed E-state index contributed by atoms with van der Waals surface area (Å²) < 4.78 is 7.84. The highest BCUT2D eigenvalue weighted by Crippen LogP contribution is 2.29. The fraction of sp³-hybridized carbons (Fsp3) is 0.227. The molecule has 4 rings (SSSR count). The topological polar surface area (TPSA) is 87.7 Å². The lowest BCUT2D eigenvalue weighted by molar-refractivity contribution is -0.211. The van der Waals surface area contributed by atoms with Crippen molar-refractivity contribution in [1.29, 1.82) is 0 Å². The van der Waals surface area contributed by atoms with Crippen LogP contribution in [0.5, 0.6) is 5.75 Å². The normalized spacial score (nSPS) is 15.6. The van der Waals surface area contributed by atoms with E-state index in [-0.39, 0.29) is 11.7 Å². The van der Waals surface area contributed by atoms with Crippen molar-refractivity contribution < 1.29 is 19.4 Å². The number of aromatic nitrogens is 1. The van der Waals surface area contributed by atoms with E-state index < -0.39 is 0 Å². The van der Waals surface area contributed by atoms with E-state index in [1.807, 2.05) is 24.3 Å². The number of nitrogens with two attached hydrogens (primary N) is 1. The minimum absolute atomic E-state index is 0.248. The van der Waals surface area contributed by atoms with Gasteiger partial charge < -0.3 is 19.5 Å². The first kappa shape index (κ1) is 19.2. The number of para-hydroxylation sites is 1. The average molecular weight is 393 g/mol. The second kappa shape index (κ2) is 8.48. The lowest BCUT2D eigenvalue weighted by atomic mass is 10.1. The Hall–Kier alpha value is -3.13. The number of hydrogen-bond acceptors (Lipinski definition) is 5. The number of carbonyl (C=O) groups excluding carboxylic acids is 1. The molecule has 0 saturated carbocycles. The Bertz CT molecular complexity index is 998. The first-order valence-electron chi connectivity index (χ1n) is 9.45. The largest absolute Gasteiger partial charge is 0.381 e. The number of nitrogens with zero attached hydrogens (tertiary/aromatic N) is 1. The van der Waals surface area contributed by atoms with Crippen molar-refractivity contribution in [3.63, 3.8) is 0 Å². The molecule has 0 spiro atoms. The molecule has 3 aromatic rings. The van der Waals surface area contributed by atoms with Crippen molar-refractivity contribution in [3.8, 4) is 17.0 Å². The number of nitrogens with one attached hydrogen (secondary N) is 1. The van der Waals surface area contributed by atoms with Gasteiger partial charge in [0.2, 0.25) is 0 Å². The van der Waals surface area contributed by atoms with Gasteiger partial charge in [0, 0.05) is 37.2 Å². The van der Waals surface area contributed by atoms with Crippen LogP contribution in [-0.2, 0) is 22.7 Å². The molecular formula is C22H23N3O4. The highest BCUT2D eigenvalue weighted by molar-refractivity contribution is 6.06. The molecule has 2 heterocycles. The van der Waals surface area contributed by atoms with Gasteiger partial charge in [-0.05, 0) is 48.4 Å². The van der Waals surface area contributed by atoms with Gasteiger partial charge in [0.15, 0.2) is 5.75 Å². The average Bonchev–Trinajstić information content (AvgIpc) is 3.18. The van der Waals surface area contributed by atoms with E-state index in [1.54, 1.807) is 31.4 Å². The number of anilines is 1. The Kier molecular flexibility index (Phi) is 5.62. The standard InChI is InChI=1S/C22H23N3O4/c1-27-18-12-13-25-17(14-18)10-11-20(25)15-6-8-16(9-7-15)24-22(26)19-4-2-3-5-21(19)28-29-23/h2-11,18H,12-14,23H2,1H3,(H,24,26). The zero-order chi connectivity index (χ0) is 20.2. The number of fused-ring (bicyclic) bond motifs is 1. The van der Waals surface area contributed by atoms with Crippen LogP contribution in [0.4, 0.5) is 5.69 Å². The Morgan fingerprint density at radius 2 is 1.90 bits per heavy atom. The quantitative estimate of drug-likeness (QED) is 0.494. The highest BCUT2D eigenvalue weighted by atomic mass is 17.3. The summed E-state index contributed by atoms with van der Waals surface area (Å²) in [4.78, 5) is 21.6. The number of methoxy groups -OCH3 is 1. The molecule has 0 aliphatic carbocycles. The molecule has 1 aliphatic rings. The molecule has 0 radical (unpaired) electrons. The van der Waals surface area contributed by atoms with Gasteiger partial charge in [-0.15, -0.1) is 0 Å². The maximum Gasteiger partial charge on any atom is 0.259 e. The van der Waals surface area contributed by atoms with Crippen LogP contribution in [-0.4, -0.2) is 23.7 Å². The first-order chi connectivity index (χ1) is 14.2. The van der Waals surface area contributed by atoms with Gasteiger partial charge in [-0.1, -0.05) is 29.3 Å². The summed E-state index contributed by atoms with van der Waals surface area (Å²) in [5.74, 6) is 4.89. The van der Waals surface area contributed by atoms with Crippen LogP contribution in [0.15, 0.2) is 60.7 Å². The number of hydrogen-bond donors (Lipinski definition) is 2. The number of carbonyl (C=O) groups is 1. The molecule has 7 heteroatoms. The molecule has 1 aromatic heterocycles. The van der Waals surface area contributed by atoms with Crippen molar-refractivity contribution in [2.45, 2.75) is 25.5 Å². The molecular weight excluding hydrogens is 370 g/mol. The molecule has 0 saturated heterocycles. The summed E-state index contributed by atoms with van der Waals surface area (Å²) in [6, 6.07) is 18.8. The fourth-order valence-electron chi connectivity index (χ4n) is 3.72. The van der Waals surface area contributed by atoms with Crippen molar-refractivity contribution >= 4 is 11.6 Å². The van der Waals surface area contributed by atoms with Gasteiger partial charge in [-0.2, -0.15) is 5.90 Å². The van der Waals surface area contributed by atoms with Crippen molar-refractivity contribution in [1.82, 2.24) is 4.57 Å². The van der Waals surface area contributed by atoms with Gasteiger partial charge in [0.1, 0.15) is 0 Å². The molecule has 1 unspecified atom stereocenters. The summed E-state index contributed by atoms with van der Waals surface area (Å²) in [5, 5.41) is 2.87. The Balaban J connectivity index is 1.50. The van der Waals surface area contributed by atoms with Crippen LogP contribution in [0, 0.1) is 0 Å². The van der Waals surface area contributed by atoms with E-state index in [4.69, 9.17) is 15.5 Å². The third-order valence-corrected chi connectivity index (χ3v) is 5.22. The van der Waals surface area contributed by atoms with Gasteiger partial charge in [0.05, 0.1) is 11.7 Å². The van der Waals surface area contributed by atoms with Gasteiger partial charge in [-0.3, -0.25) is 4.79 Å². The summed E-state index contributed by atoms with van der Waals surface area (Å²) in [6.45, 7) is 0.939. The molecule has 150 valence electrons. The van der Waals surface area contributed by atoms with Crippen LogP contribution in [0.25, 0.3) is 11.3 Å². The summed E-state index contributed by atoms with van der Waals surface area (Å²) >= 11 is 0. The monoisotopic (exact) mass is 393 g/mol. The van der Waals surface area contributed by atoms with Crippen LogP contribution in [0.1, 0.15) is 22.5 Å². The molecule has 3 N–H and O–H groups in total. The number of rotatable bonds is 6. The second-order valence-corrected chi connectivity index (χ2v) is 6.92. The fourth-order valence-corrected chi connectivity index (χ4v) is 3.72. The molecule has 1 aliphatic heterocycles. The summed E-state index contributed by atoms with van der Waals surface area (Å²) in [5.41, 5.74) is 4.58. The summed E-state index contributed by atoms with van der Waals surface area (Å²) in [6.07, 6.45) is 2.23. The molecule has 0 bridgehead atoms. The molecule has 7 nitrogen and oxygen atoms in total. The maximum absolute atomic E-state index is 12.6. The van der Waals surface area contributed by atoms with Crippen molar-refractivity contribution in [2.24, 2.45) is 5.90 Å². The minimum Gasteiger partial charge on any atom is -0.381 e.